The molecule has 3 rings (SSSR count). The number of ether oxygens (including phenoxy) is 1. The Kier molecular flexibility index (Phi) is 5.00. The fourth-order valence-corrected chi connectivity index (χ4v) is 3.37. The summed E-state index contributed by atoms with van der Waals surface area (Å²) in [6.45, 7) is 0.243. The lowest BCUT2D eigenvalue weighted by molar-refractivity contribution is 0.306. The molecule has 6 heteroatoms. The van der Waals surface area contributed by atoms with Crippen molar-refractivity contribution in [1.29, 1.82) is 0 Å². The van der Waals surface area contributed by atoms with Crippen LogP contribution in [0.2, 0.25) is 0 Å². The lowest BCUT2D eigenvalue weighted by Gasteiger charge is -2.10. The van der Waals surface area contributed by atoms with Gasteiger partial charge in [0.2, 0.25) is 0 Å². The van der Waals surface area contributed by atoms with E-state index >= 15 is 0 Å². The van der Waals surface area contributed by atoms with Crippen molar-refractivity contribution in [2.75, 3.05) is 4.72 Å². The molecule has 0 amide bonds. The van der Waals surface area contributed by atoms with Crippen LogP contribution in [0, 0.1) is 5.82 Å². The van der Waals surface area contributed by atoms with E-state index < -0.39 is 15.8 Å². The van der Waals surface area contributed by atoms with E-state index in [2.05, 4.69) is 4.72 Å². The first-order chi connectivity index (χ1) is 12.0. The van der Waals surface area contributed by atoms with E-state index in [1.54, 1.807) is 12.1 Å². The molecule has 0 saturated heterocycles. The van der Waals surface area contributed by atoms with E-state index in [-0.39, 0.29) is 17.2 Å². The summed E-state index contributed by atoms with van der Waals surface area (Å²) in [4.78, 5) is 0.0888. The van der Waals surface area contributed by atoms with E-state index in [0.29, 0.717) is 11.3 Å². The van der Waals surface area contributed by atoms with Gasteiger partial charge in [-0.25, -0.2) is 12.8 Å². The molecule has 0 saturated carbocycles. The Balaban J connectivity index is 1.75. The Hall–Kier alpha value is -2.86. The van der Waals surface area contributed by atoms with Gasteiger partial charge < -0.3 is 4.74 Å². The highest BCUT2D eigenvalue weighted by Crippen LogP contribution is 2.19. The van der Waals surface area contributed by atoms with Crippen molar-refractivity contribution in [2.45, 2.75) is 11.5 Å². The Labute approximate surface area is 146 Å². The zero-order valence-electron chi connectivity index (χ0n) is 13.2. The van der Waals surface area contributed by atoms with Gasteiger partial charge in [0, 0.05) is 0 Å². The molecule has 0 fully saturated rings. The molecule has 1 N–H and O–H groups in total. The smallest absolute Gasteiger partial charge is 0.261 e. The largest absolute Gasteiger partial charge is 0.489 e. The second-order valence-corrected chi connectivity index (χ2v) is 7.05. The quantitative estimate of drug-likeness (QED) is 0.719. The summed E-state index contributed by atoms with van der Waals surface area (Å²) in [7, 11) is -3.81. The molecule has 0 atom stereocenters. The zero-order chi connectivity index (χ0) is 17.7. The summed E-state index contributed by atoms with van der Waals surface area (Å²) in [5, 5.41) is 0. The molecule has 0 aliphatic rings. The maximum atomic E-state index is 13.2. The zero-order valence-corrected chi connectivity index (χ0v) is 14.0. The normalized spacial score (nSPS) is 11.1. The van der Waals surface area contributed by atoms with Crippen molar-refractivity contribution >= 4 is 15.7 Å². The predicted molar refractivity (Wildman–Crippen MR) is 94.4 cm³/mol. The molecule has 0 aliphatic carbocycles. The fourth-order valence-electron chi connectivity index (χ4n) is 2.25. The molecule has 0 spiro atoms. The highest BCUT2D eigenvalue weighted by Gasteiger charge is 2.15. The molecule has 128 valence electrons. The molecule has 0 aromatic heterocycles. The standard InChI is InChI=1S/C19H16FNO3S/c20-16-7-5-8-17(13-16)21-25(22,23)19-11-4-6-15(12-19)14-24-18-9-2-1-3-10-18/h1-13,21H,14H2. The van der Waals surface area contributed by atoms with E-state index in [4.69, 9.17) is 4.74 Å². The SMILES string of the molecule is O=S(=O)(Nc1cccc(F)c1)c1cccc(COc2ccccc2)c1. The Bertz CT molecular complexity index is 959. The molecule has 0 radical (unpaired) electrons. The van der Waals surface area contributed by atoms with Crippen molar-refractivity contribution in [3.8, 4) is 5.75 Å². The topological polar surface area (TPSA) is 55.4 Å². The van der Waals surface area contributed by atoms with Gasteiger partial charge in [0.1, 0.15) is 18.2 Å². The van der Waals surface area contributed by atoms with Gasteiger partial charge in [0.15, 0.2) is 0 Å². The molecule has 0 aliphatic heterocycles. The van der Waals surface area contributed by atoms with E-state index in [1.807, 2.05) is 30.3 Å². The highest BCUT2D eigenvalue weighted by atomic mass is 32.2. The molecule has 0 unspecified atom stereocenters. The van der Waals surface area contributed by atoms with Crippen LogP contribution in [-0.2, 0) is 16.6 Å². The molecule has 4 nitrogen and oxygen atoms in total. The third kappa shape index (κ3) is 4.58. The average molecular weight is 357 g/mol. The molecule has 0 bridgehead atoms. The van der Waals surface area contributed by atoms with Crippen LogP contribution in [-0.4, -0.2) is 8.42 Å². The van der Waals surface area contributed by atoms with Crippen molar-refractivity contribution in [2.24, 2.45) is 0 Å². The summed E-state index contributed by atoms with van der Waals surface area (Å²) in [5.74, 6) is 0.193. The number of para-hydroxylation sites is 1. The first-order valence-corrected chi connectivity index (χ1v) is 9.06. The van der Waals surface area contributed by atoms with Crippen LogP contribution in [0.15, 0.2) is 83.8 Å². The minimum Gasteiger partial charge on any atom is -0.489 e. The van der Waals surface area contributed by atoms with Crippen LogP contribution in [0.1, 0.15) is 5.56 Å². The summed E-state index contributed by atoms with van der Waals surface area (Å²) >= 11 is 0. The Morgan fingerprint density at radius 1 is 0.880 bits per heavy atom. The number of anilines is 1. The number of rotatable bonds is 6. The molecule has 3 aromatic carbocycles. The maximum Gasteiger partial charge on any atom is 0.261 e. The van der Waals surface area contributed by atoms with Crippen LogP contribution in [0.4, 0.5) is 10.1 Å². The van der Waals surface area contributed by atoms with Gasteiger partial charge in [-0.15, -0.1) is 0 Å². The molecule has 0 heterocycles. The predicted octanol–water partition coefficient (Wildman–Crippen LogP) is 4.21. The number of hydrogen-bond acceptors (Lipinski definition) is 3. The second-order valence-electron chi connectivity index (χ2n) is 5.36. The first-order valence-electron chi connectivity index (χ1n) is 7.58. The van der Waals surface area contributed by atoms with Crippen molar-refractivity contribution in [3.63, 3.8) is 0 Å². The minimum atomic E-state index is -3.81. The van der Waals surface area contributed by atoms with E-state index in [1.165, 1.54) is 30.3 Å². The monoisotopic (exact) mass is 357 g/mol. The number of hydrogen-bond donors (Lipinski definition) is 1. The van der Waals surface area contributed by atoms with Gasteiger partial charge in [0.25, 0.3) is 10.0 Å². The van der Waals surface area contributed by atoms with Gasteiger partial charge in [-0.3, -0.25) is 4.72 Å². The third-order valence-corrected chi connectivity index (χ3v) is 4.81. The lowest BCUT2D eigenvalue weighted by Crippen LogP contribution is -2.13. The molecule has 25 heavy (non-hydrogen) atoms. The van der Waals surface area contributed by atoms with Gasteiger partial charge in [-0.2, -0.15) is 0 Å². The van der Waals surface area contributed by atoms with Crippen LogP contribution >= 0.6 is 0 Å². The van der Waals surface area contributed by atoms with Crippen molar-refractivity contribution in [1.82, 2.24) is 0 Å². The molecule has 3 aromatic rings. The van der Waals surface area contributed by atoms with Gasteiger partial charge in [-0.1, -0.05) is 36.4 Å². The van der Waals surface area contributed by atoms with Crippen LogP contribution < -0.4 is 9.46 Å². The number of halogens is 1. The first kappa shape index (κ1) is 17.0. The van der Waals surface area contributed by atoms with E-state index in [0.717, 1.165) is 6.07 Å². The molecular weight excluding hydrogens is 341 g/mol. The lowest BCUT2D eigenvalue weighted by atomic mass is 10.2. The average Bonchev–Trinajstić information content (AvgIpc) is 2.61. The van der Waals surface area contributed by atoms with Crippen molar-refractivity contribution in [3.05, 3.63) is 90.2 Å². The maximum absolute atomic E-state index is 13.2. The fraction of sp³-hybridized carbons (Fsp3) is 0.0526. The summed E-state index contributed by atoms with van der Waals surface area (Å²) in [5.41, 5.74) is 0.886. The number of nitrogens with one attached hydrogen (secondary N) is 1. The van der Waals surface area contributed by atoms with Crippen LogP contribution in [0.25, 0.3) is 0 Å². The molecular formula is C19H16FNO3S. The van der Waals surface area contributed by atoms with Gasteiger partial charge >= 0.3 is 0 Å². The van der Waals surface area contributed by atoms with Crippen molar-refractivity contribution < 1.29 is 17.5 Å². The summed E-state index contributed by atoms with van der Waals surface area (Å²) in [6.07, 6.45) is 0. The number of benzene rings is 3. The Morgan fingerprint density at radius 3 is 2.40 bits per heavy atom. The second kappa shape index (κ2) is 7.36. The van der Waals surface area contributed by atoms with Crippen LogP contribution in [0.5, 0.6) is 5.75 Å². The summed E-state index contributed by atoms with van der Waals surface area (Å²) < 4.78 is 46.1. The summed E-state index contributed by atoms with van der Waals surface area (Å²) in [6, 6.07) is 21.0. The van der Waals surface area contributed by atoms with Gasteiger partial charge in [-0.05, 0) is 48.0 Å². The van der Waals surface area contributed by atoms with Crippen LogP contribution in [0.3, 0.4) is 0 Å². The number of sulfonamides is 1. The third-order valence-electron chi connectivity index (χ3n) is 3.43. The van der Waals surface area contributed by atoms with Gasteiger partial charge in [0.05, 0.1) is 10.6 Å². The Morgan fingerprint density at radius 2 is 1.64 bits per heavy atom. The van der Waals surface area contributed by atoms with E-state index in [9.17, 15) is 12.8 Å². The highest BCUT2D eigenvalue weighted by molar-refractivity contribution is 7.92. The minimum absolute atomic E-state index is 0.0888.